The first-order valence-electron chi connectivity index (χ1n) is 6.21. The maximum Gasteiger partial charge on any atom is 0.418 e. The van der Waals surface area contributed by atoms with Crippen LogP contribution in [0, 0.1) is 0 Å². The molecular formula is C13H16BrF3N2O2. The molecule has 2 N–H and O–H groups in total. The Hall–Kier alpha value is -1.28. The van der Waals surface area contributed by atoms with Crippen molar-refractivity contribution in [2.24, 2.45) is 0 Å². The Bertz CT molecular complexity index is 481. The number of amides is 1. The first-order chi connectivity index (χ1) is 9.84. The molecule has 0 aliphatic heterocycles. The number of hydrogen-bond donors (Lipinski definition) is 2. The Labute approximate surface area is 129 Å². The number of alkyl halides is 3. The van der Waals surface area contributed by atoms with E-state index >= 15 is 0 Å². The van der Waals surface area contributed by atoms with Gasteiger partial charge in [-0.25, -0.2) is 0 Å². The average Bonchev–Trinajstić information content (AvgIpc) is 2.37. The van der Waals surface area contributed by atoms with Gasteiger partial charge in [-0.3, -0.25) is 4.79 Å². The molecule has 0 unspecified atom stereocenters. The SMILES string of the molecule is COCCNC(=O)CCNc1cc(Br)ccc1C(F)(F)F. The zero-order valence-electron chi connectivity index (χ0n) is 11.4. The summed E-state index contributed by atoms with van der Waals surface area (Å²) in [4.78, 5) is 11.4. The van der Waals surface area contributed by atoms with Crippen molar-refractivity contribution < 1.29 is 22.7 Å². The number of carbonyl (C=O) groups is 1. The van der Waals surface area contributed by atoms with Crippen molar-refractivity contribution in [1.82, 2.24) is 5.32 Å². The molecular weight excluding hydrogens is 353 g/mol. The first-order valence-corrected chi connectivity index (χ1v) is 7.00. The van der Waals surface area contributed by atoms with Gasteiger partial charge < -0.3 is 15.4 Å². The monoisotopic (exact) mass is 368 g/mol. The Morgan fingerprint density at radius 3 is 2.67 bits per heavy atom. The number of nitrogens with one attached hydrogen (secondary N) is 2. The minimum Gasteiger partial charge on any atom is -0.384 e. The quantitative estimate of drug-likeness (QED) is 0.727. The van der Waals surface area contributed by atoms with Gasteiger partial charge in [-0.15, -0.1) is 0 Å². The Balaban J connectivity index is 2.55. The molecule has 0 radical (unpaired) electrons. The van der Waals surface area contributed by atoms with Crippen LogP contribution in [0.25, 0.3) is 0 Å². The lowest BCUT2D eigenvalue weighted by Crippen LogP contribution is -2.28. The molecule has 0 aliphatic rings. The highest BCUT2D eigenvalue weighted by molar-refractivity contribution is 9.10. The minimum absolute atomic E-state index is 0.0541. The Morgan fingerprint density at radius 2 is 2.05 bits per heavy atom. The second-order valence-electron chi connectivity index (χ2n) is 4.21. The van der Waals surface area contributed by atoms with Gasteiger partial charge in [-0.05, 0) is 18.2 Å². The van der Waals surface area contributed by atoms with Gasteiger partial charge in [0, 0.05) is 36.8 Å². The number of anilines is 1. The summed E-state index contributed by atoms with van der Waals surface area (Å²) in [7, 11) is 1.51. The zero-order valence-corrected chi connectivity index (χ0v) is 13.0. The van der Waals surface area contributed by atoms with Gasteiger partial charge in [-0.1, -0.05) is 15.9 Å². The summed E-state index contributed by atoms with van der Waals surface area (Å²) < 4.78 is 43.8. The van der Waals surface area contributed by atoms with Crippen molar-refractivity contribution in [2.75, 3.05) is 32.1 Å². The molecule has 0 bridgehead atoms. The van der Waals surface area contributed by atoms with Gasteiger partial charge >= 0.3 is 6.18 Å². The van der Waals surface area contributed by atoms with Gasteiger partial charge in [0.15, 0.2) is 0 Å². The molecule has 1 aromatic rings. The summed E-state index contributed by atoms with van der Waals surface area (Å²) in [5, 5.41) is 5.23. The molecule has 118 valence electrons. The predicted molar refractivity (Wildman–Crippen MR) is 77.1 cm³/mol. The molecule has 0 spiro atoms. The van der Waals surface area contributed by atoms with Crippen molar-refractivity contribution >= 4 is 27.5 Å². The Kier molecular flexibility index (Phi) is 6.97. The smallest absolute Gasteiger partial charge is 0.384 e. The topological polar surface area (TPSA) is 50.4 Å². The fraction of sp³-hybridized carbons (Fsp3) is 0.462. The van der Waals surface area contributed by atoms with Crippen molar-refractivity contribution in [3.8, 4) is 0 Å². The molecule has 0 saturated carbocycles. The largest absolute Gasteiger partial charge is 0.418 e. The van der Waals surface area contributed by atoms with E-state index in [4.69, 9.17) is 4.74 Å². The van der Waals surface area contributed by atoms with E-state index in [9.17, 15) is 18.0 Å². The van der Waals surface area contributed by atoms with Crippen LogP contribution >= 0.6 is 15.9 Å². The minimum atomic E-state index is -4.44. The maximum absolute atomic E-state index is 12.8. The van der Waals surface area contributed by atoms with Crippen molar-refractivity contribution in [2.45, 2.75) is 12.6 Å². The van der Waals surface area contributed by atoms with Crippen LogP contribution < -0.4 is 10.6 Å². The van der Waals surface area contributed by atoms with Crippen LogP contribution in [0.4, 0.5) is 18.9 Å². The molecule has 0 heterocycles. The molecule has 0 saturated heterocycles. The molecule has 0 fully saturated rings. The molecule has 4 nitrogen and oxygen atoms in total. The molecule has 1 aromatic carbocycles. The van der Waals surface area contributed by atoms with Gasteiger partial charge in [-0.2, -0.15) is 13.2 Å². The third-order valence-corrected chi connectivity index (χ3v) is 3.08. The summed E-state index contributed by atoms with van der Waals surface area (Å²) in [6.45, 7) is 0.876. The Morgan fingerprint density at radius 1 is 1.33 bits per heavy atom. The highest BCUT2D eigenvalue weighted by Crippen LogP contribution is 2.36. The lowest BCUT2D eigenvalue weighted by Gasteiger charge is -2.15. The molecule has 21 heavy (non-hydrogen) atoms. The van der Waals surface area contributed by atoms with Crippen LogP contribution in [0.3, 0.4) is 0 Å². The van der Waals surface area contributed by atoms with Crippen LogP contribution in [0.5, 0.6) is 0 Å². The number of ether oxygens (including phenoxy) is 1. The van der Waals surface area contributed by atoms with E-state index < -0.39 is 11.7 Å². The van der Waals surface area contributed by atoms with E-state index in [1.54, 1.807) is 0 Å². The van der Waals surface area contributed by atoms with Crippen molar-refractivity contribution in [3.05, 3.63) is 28.2 Å². The summed E-state index contributed by atoms with van der Waals surface area (Å²) in [5.41, 5.74) is -0.813. The van der Waals surface area contributed by atoms with Gasteiger partial charge in [0.2, 0.25) is 5.91 Å². The van der Waals surface area contributed by atoms with Crippen LogP contribution in [0.2, 0.25) is 0 Å². The first kappa shape index (κ1) is 17.8. The number of hydrogen-bond acceptors (Lipinski definition) is 3. The standard InChI is InChI=1S/C13H16BrF3N2O2/c1-21-7-6-19-12(20)4-5-18-11-8-9(14)2-3-10(11)13(15,16)17/h2-3,8,18H,4-7H2,1H3,(H,19,20). The van der Waals surface area contributed by atoms with Crippen molar-refractivity contribution in [1.29, 1.82) is 0 Å². The van der Waals surface area contributed by atoms with E-state index in [2.05, 4.69) is 26.6 Å². The van der Waals surface area contributed by atoms with E-state index in [1.165, 1.54) is 19.2 Å². The summed E-state index contributed by atoms with van der Waals surface area (Å²) >= 11 is 3.13. The van der Waals surface area contributed by atoms with Crippen LogP contribution in [0.1, 0.15) is 12.0 Å². The molecule has 1 amide bonds. The molecule has 1 rings (SSSR count). The lowest BCUT2D eigenvalue weighted by atomic mass is 10.1. The lowest BCUT2D eigenvalue weighted by molar-refractivity contribution is -0.137. The summed E-state index contributed by atoms with van der Waals surface area (Å²) in [5.74, 6) is -0.247. The van der Waals surface area contributed by atoms with E-state index in [0.29, 0.717) is 17.6 Å². The van der Waals surface area contributed by atoms with E-state index in [-0.39, 0.29) is 24.6 Å². The number of halogens is 4. The average molecular weight is 369 g/mol. The number of benzene rings is 1. The molecule has 0 aromatic heterocycles. The third kappa shape index (κ3) is 6.34. The zero-order chi connectivity index (χ0) is 15.9. The highest BCUT2D eigenvalue weighted by Gasteiger charge is 2.33. The van der Waals surface area contributed by atoms with E-state index in [0.717, 1.165) is 6.07 Å². The van der Waals surface area contributed by atoms with Crippen molar-refractivity contribution in [3.63, 3.8) is 0 Å². The van der Waals surface area contributed by atoms with Gasteiger partial charge in [0.05, 0.1) is 12.2 Å². The highest BCUT2D eigenvalue weighted by atomic mass is 79.9. The number of carbonyl (C=O) groups excluding carboxylic acids is 1. The van der Waals surface area contributed by atoms with Gasteiger partial charge in [0.25, 0.3) is 0 Å². The van der Waals surface area contributed by atoms with Crippen LogP contribution in [-0.4, -0.2) is 32.7 Å². The molecule has 0 atom stereocenters. The number of rotatable bonds is 7. The van der Waals surface area contributed by atoms with Crippen LogP contribution in [0.15, 0.2) is 22.7 Å². The predicted octanol–water partition coefficient (Wildman–Crippen LogP) is 3.03. The fourth-order valence-corrected chi connectivity index (χ4v) is 1.96. The van der Waals surface area contributed by atoms with Gasteiger partial charge in [0.1, 0.15) is 0 Å². The van der Waals surface area contributed by atoms with E-state index in [1.807, 2.05) is 0 Å². The summed E-state index contributed by atoms with van der Waals surface area (Å²) in [6.07, 6.45) is -4.36. The summed E-state index contributed by atoms with van der Waals surface area (Å²) in [6, 6.07) is 3.65. The maximum atomic E-state index is 12.8. The molecule has 0 aliphatic carbocycles. The second-order valence-corrected chi connectivity index (χ2v) is 5.12. The second kappa shape index (κ2) is 8.23. The third-order valence-electron chi connectivity index (χ3n) is 2.58. The normalized spacial score (nSPS) is 11.3. The molecule has 8 heteroatoms. The fourth-order valence-electron chi connectivity index (χ4n) is 1.60. The van der Waals surface area contributed by atoms with Crippen LogP contribution in [-0.2, 0) is 15.7 Å². The number of methoxy groups -OCH3 is 1.